The van der Waals surface area contributed by atoms with Gasteiger partial charge in [-0.1, -0.05) is 55.8 Å². The van der Waals surface area contributed by atoms with Crippen molar-refractivity contribution in [2.45, 2.75) is 19.8 Å². The van der Waals surface area contributed by atoms with Gasteiger partial charge in [-0.2, -0.15) is 0 Å². The molecule has 0 spiro atoms. The van der Waals surface area contributed by atoms with Crippen LogP contribution in [0.5, 0.6) is 0 Å². The van der Waals surface area contributed by atoms with E-state index in [0.717, 1.165) is 47.2 Å². The second-order valence-corrected chi connectivity index (χ2v) is 6.55. The molecule has 26 heavy (non-hydrogen) atoms. The summed E-state index contributed by atoms with van der Waals surface area (Å²) in [4.78, 5) is 0. The fourth-order valence-electron chi connectivity index (χ4n) is 3.54. The van der Waals surface area contributed by atoms with Crippen molar-refractivity contribution in [2.75, 3.05) is 0 Å². The summed E-state index contributed by atoms with van der Waals surface area (Å²) in [5.41, 5.74) is 1.64. The number of halogens is 3. The molecule has 4 aromatic rings. The van der Waals surface area contributed by atoms with Crippen LogP contribution in [0.15, 0.2) is 60.7 Å². The molecule has 0 unspecified atom stereocenters. The van der Waals surface area contributed by atoms with E-state index in [-0.39, 0.29) is 11.1 Å². The molecule has 0 atom stereocenters. The highest BCUT2D eigenvalue weighted by atomic mass is 19.1. The average Bonchev–Trinajstić information content (AvgIpc) is 2.61. The zero-order valence-electron chi connectivity index (χ0n) is 14.3. The Morgan fingerprint density at radius 2 is 1.38 bits per heavy atom. The van der Waals surface area contributed by atoms with Crippen LogP contribution in [0.2, 0.25) is 0 Å². The first-order valence-electron chi connectivity index (χ1n) is 8.67. The van der Waals surface area contributed by atoms with Gasteiger partial charge in [0.05, 0.1) is 0 Å². The predicted octanol–water partition coefficient (Wildman–Crippen LogP) is 7.03. The summed E-state index contributed by atoms with van der Waals surface area (Å²) in [5, 5.41) is 3.28. The maximum atomic E-state index is 15.1. The minimum Gasteiger partial charge on any atom is -0.207 e. The number of aryl methyl sites for hydroxylation is 1. The highest BCUT2D eigenvalue weighted by Crippen LogP contribution is 2.34. The van der Waals surface area contributed by atoms with Crippen LogP contribution in [0.1, 0.15) is 18.9 Å². The van der Waals surface area contributed by atoms with Gasteiger partial charge in [0.1, 0.15) is 17.5 Å². The van der Waals surface area contributed by atoms with E-state index in [1.165, 1.54) is 5.56 Å². The highest BCUT2D eigenvalue weighted by molar-refractivity contribution is 6.08. The lowest BCUT2D eigenvalue weighted by Crippen LogP contribution is -1.91. The Labute approximate surface area is 149 Å². The number of rotatable bonds is 3. The minimum atomic E-state index is -0.721. The summed E-state index contributed by atoms with van der Waals surface area (Å²) in [6.45, 7) is 2.14. The smallest absolute Gasteiger partial charge is 0.138 e. The summed E-state index contributed by atoms with van der Waals surface area (Å²) >= 11 is 0. The van der Waals surface area contributed by atoms with E-state index < -0.39 is 17.5 Å². The van der Waals surface area contributed by atoms with E-state index in [1.807, 2.05) is 18.2 Å². The predicted molar refractivity (Wildman–Crippen MR) is 101 cm³/mol. The number of benzene rings is 4. The molecule has 130 valence electrons. The molecule has 0 heterocycles. The Morgan fingerprint density at radius 1 is 0.692 bits per heavy atom. The Kier molecular flexibility index (Phi) is 4.15. The third-order valence-electron chi connectivity index (χ3n) is 4.73. The van der Waals surface area contributed by atoms with Gasteiger partial charge in [-0.25, -0.2) is 13.2 Å². The van der Waals surface area contributed by atoms with Crippen LogP contribution < -0.4 is 0 Å². The Hall–Kier alpha value is -2.81. The molecule has 0 radical (unpaired) electrons. The second-order valence-electron chi connectivity index (χ2n) is 6.55. The molecule has 0 aliphatic rings. The van der Waals surface area contributed by atoms with Gasteiger partial charge in [-0.3, -0.25) is 0 Å². The zero-order chi connectivity index (χ0) is 18.3. The largest absolute Gasteiger partial charge is 0.207 e. The Bertz CT molecular complexity index is 1110. The van der Waals surface area contributed by atoms with Gasteiger partial charge in [-0.05, 0) is 45.8 Å². The van der Waals surface area contributed by atoms with Crippen LogP contribution in [-0.4, -0.2) is 0 Å². The van der Waals surface area contributed by atoms with Crippen molar-refractivity contribution in [1.82, 2.24) is 0 Å². The van der Waals surface area contributed by atoms with E-state index in [2.05, 4.69) is 19.1 Å². The van der Waals surface area contributed by atoms with Crippen molar-refractivity contribution in [3.8, 4) is 11.1 Å². The van der Waals surface area contributed by atoms with E-state index in [9.17, 15) is 8.78 Å². The monoisotopic (exact) mass is 350 g/mol. The van der Waals surface area contributed by atoms with Crippen LogP contribution in [0, 0.1) is 17.5 Å². The van der Waals surface area contributed by atoms with Crippen LogP contribution >= 0.6 is 0 Å². The molecule has 0 saturated heterocycles. The third kappa shape index (κ3) is 2.84. The first-order valence-corrected chi connectivity index (χ1v) is 8.67. The molecule has 0 N–H and O–H groups in total. The molecule has 0 aromatic heterocycles. The van der Waals surface area contributed by atoms with Crippen LogP contribution in [0.4, 0.5) is 13.2 Å². The second kappa shape index (κ2) is 6.49. The first kappa shape index (κ1) is 16.6. The van der Waals surface area contributed by atoms with Crippen molar-refractivity contribution in [1.29, 1.82) is 0 Å². The van der Waals surface area contributed by atoms with Crippen LogP contribution in [-0.2, 0) is 6.42 Å². The van der Waals surface area contributed by atoms with Crippen molar-refractivity contribution in [3.63, 3.8) is 0 Å². The molecular formula is C23H17F3. The molecule has 0 bridgehead atoms. The molecule has 0 amide bonds. The average molecular weight is 350 g/mol. The van der Waals surface area contributed by atoms with Gasteiger partial charge in [-0.15, -0.1) is 0 Å². The maximum absolute atomic E-state index is 15.1. The molecular weight excluding hydrogens is 333 g/mol. The summed E-state index contributed by atoms with van der Waals surface area (Å²) in [6.07, 6.45) is 2.08. The summed E-state index contributed by atoms with van der Waals surface area (Å²) < 4.78 is 42.1. The van der Waals surface area contributed by atoms with Crippen molar-refractivity contribution < 1.29 is 13.2 Å². The maximum Gasteiger partial charge on any atom is 0.138 e. The lowest BCUT2D eigenvalue weighted by atomic mass is 9.95. The normalized spacial score (nSPS) is 11.4. The molecule has 0 nitrogen and oxygen atoms in total. The van der Waals surface area contributed by atoms with Crippen molar-refractivity contribution >= 4 is 21.5 Å². The van der Waals surface area contributed by atoms with E-state index in [1.54, 1.807) is 12.1 Å². The molecule has 0 saturated carbocycles. The number of hydrogen-bond donors (Lipinski definition) is 0. The molecule has 4 aromatic carbocycles. The molecule has 4 rings (SSSR count). The van der Waals surface area contributed by atoms with E-state index in [0.29, 0.717) is 5.39 Å². The van der Waals surface area contributed by atoms with Gasteiger partial charge >= 0.3 is 0 Å². The van der Waals surface area contributed by atoms with Gasteiger partial charge in [0.15, 0.2) is 0 Å². The summed E-state index contributed by atoms with van der Waals surface area (Å²) in [7, 11) is 0. The quantitative estimate of drug-likeness (QED) is 0.348. The highest BCUT2D eigenvalue weighted by Gasteiger charge is 2.13. The van der Waals surface area contributed by atoms with E-state index in [4.69, 9.17) is 0 Å². The van der Waals surface area contributed by atoms with Crippen LogP contribution in [0.3, 0.4) is 0 Å². The first-order chi connectivity index (χ1) is 12.6. The fourth-order valence-corrected chi connectivity index (χ4v) is 3.54. The van der Waals surface area contributed by atoms with Gasteiger partial charge < -0.3 is 0 Å². The minimum absolute atomic E-state index is 0.192. The van der Waals surface area contributed by atoms with Gasteiger partial charge in [0, 0.05) is 17.0 Å². The molecule has 0 fully saturated rings. The van der Waals surface area contributed by atoms with Crippen LogP contribution in [0.25, 0.3) is 32.7 Å². The van der Waals surface area contributed by atoms with Gasteiger partial charge in [0.2, 0.25) is 0 Å². The lowest BCUT2D eigenvalue weighted by Gasteiger charge is -2.11. The van der Waals surface area contributed by atoms with Gasteiger partial charge in [0.25, 0.3) is 0 Å². The number of hydrogen-bond acceptors (Lipinski definition) is 0. The SMILES string of the molecule is CCCc1ccc2c(ccc3c(F)c(-c4cc(F)cc(F)c4)ccc32)c1. The van der Waals surface area contributed by atoms with E-state index >= 15 is 4.39 Å². The third-order valence-corrected chi connectivity index (χ3v) is 4.73. The Balaban J connectivity index is 1.93. The summed E-state index contributed by atoms with van der Waals surface area (Å²) in [5.74, 6) is -1.91. The standard InChI is InChI=1S/C23H17F3/c1-2-3-14-4-6-19-15(10-14)5-7-22-21(19)9-8-20(23(22)26)16-11-17(24)13-18(25)12-16/h4-13H,2-3H2,1H3. The molecule has 0 aliphatic carbocycles. The lowest BCUT2D eigenvalue weighted by molar-refractivity contribution is 0.583. The van der Waals surface area contributed by atoms with Crippen molar-refractivity contribution in [2.24, 2.45) is 0 Å². The zero-order valence-corrected chi connectivity index (χ0v) is 14.3. The molecule has 3 heteroatoms. The molecule has 0 aliphatic heterocycles. The Morgan fingerprint density at radius 3 is 2.12 bits per heavy atom. The summed E-state index contributed by atoms with van der Waals surface area (Å²) in [6, 6.07) is 16.3. The number of fused-ring (bicyclic) bond motifs is 3. The van der Waals surface area contributed by atoms with Crippen molar-refractivity contribution in [3.05, 3.63) is 83.7 Å². The fraction of sp³-hybridized carbons (Fsp3) is 0.130. The topological polar surface area (TPSA) is 0 Å².